The molecule has 0 radical (unpaired) electrons. The Labute approximate surface area is 166 Å². The zero-order valence-electron chi connectivity index (χ0n) is 14.8. The summed E-state index contributed by atoms with van der Waals surface area (Å²) in [6, 6.07) is 0. The van der Waals surface area contributed by atoms with Crippen molar-refractivity contribution in [1.82, 2.24) is 0 Å². The summed E-state index contributed by atoms with van der Waals surface area (Å²) in [7, 11) is -3.90. The molecule has 0 aromatic carbocycles. The van der Waals surface area contributed by atoms with Gasteiger partial charge in [0.2, 0.25) is 10.1 Å². The zero-order chi connectivity index (χ0) is 18.5. The van der Waals surface area contributed by atoms with E-state index in [0.29, 0.717) is 24.5 Å². The molecule has 0 bridgehead atoms. The van der Waals surface area contributed by atoms with E-state index >= 15 is 0 Å². The summed E-state index contributed by atoms with van der Waals surface area (Å²) in [5.41, 5.74) is 0. The Morgan fingerprint density at radius 1 is 1.04 bits per heavy atom. The maximum absolute atomic E-state index is 11.0. The number of carboxylic acids is 2. The Hall–Kier alpha value is -0.410. The molecule has 0 saturated heterocycles. The second-order valence-corrected chi connectivity index (χ2v) is 6.61. The SMILES string of the molecule is CCCCC([CH-]C(CC)S(=O)(=O)O)CC.O=C(O)/C=C\C(=O)O.[Na+]. The van der Waals surface area contributed by atoms with E-state index in [1.165, 1.54) is 0 Å². The van der Waals surface area contributed by atoms with Crippen LogP contribution in [0.25, 0.3) is 0 Å². The van der Waals surface area contributed by atoms with Crippen LogP contribution >= 0.6 is 0 Å². The van der Waals surface area contributed by atoms with Gasteiger partial charge in [-0.25, -0.2) is 18.0 Å². The minimum absolute atomic E-state index is 0. The molecule has 0 amide bonds. The quantitative estimate of drug-likeness (QED) is 0.209. The summed E-state index contributed by atoms with van der Waals surface area (Å²) in [4.78, 5) is 19.1. The van der Waals surface area contributed by atoms with Crippen LogP contribution in [0.3, 0.4) is 0 Å². The van der Waals surface area contributed by atoms with Crippen molar-refractivity contribution in [3.05, 3.63) is 18.6 Å². The predicted molar refractivity (Wildman–Crippen MR) is 87.6 cm³/mol. The van der Waals surface area contributed by atoms with Gasteiger partial charge in [0, 0.05) is 12.2 Å². The normalized spacial score (nSPS) is 13.3. The van der Waals surface area contributed by atoms with Crippen molar-refractivity contribution in [2.45, 2.75) is 58.1 Å². The Morgan fingerprint density at radius 2 is 1.50 bits per heavy atom. The number of carbonyl (C=O) groups is 2. The molecule has 2 atom stereocenters. The third-order valence-corrected chi connectivity index (χ3v) is 4.35. The number of hydrogen-bond donors (Lipinski definition) is 3. The molecule has 0 rings (SSSR count). The molecule has 136 valence electrons. The molecule has 0 heterocycles. The summed E-state index contributed by atoms with van der Waals surface area (Å²) in [5, 5.41) is 14.9. The molecular formula is C15H27NaO7S. The summed E-state index contributed by atoms with van der Waals surface area (Å²) < 4.78 is 31.0. The van der Waals surface area contributed by atoms with Crippen molar-refractivity contribution in [3.8, 4) is 0 Å². The second-order valence-electron chi connectivity index (χ2n) is 4.97. The number of rotatable bonds is 10. The Bertz CT molecular complexity index is 458. The van der Waals surface area contributed by atoms with Crippen LogP contribution in [0, 0.1) is 12.3 Å². The maximum Gasteiger partial charge on any atom is 1.00 e. The molecule has 0 aliphatic heterocycles. The summed E-state index contributed by atoms with van der Waals surface area (Å²) in [6.07, 6.45) is 7.53. The van der Waals surface area contributed by atoms with Crippen molar-refractivity contribution >= 4 is 22.1 Å². The van der Waals surface area contributed by atoms with Gasteiger partial charge >= 0.3 is 41.5 Å². The standard InChI is InChI=1S/C11H23O3S.C4H4O4.Na/c1-4-7-8-10(5-2)9-11(6-3)15(12,13)14;5-3(6)1-2-4(7)8;/h9-11H,4-8H2,1-3H3,(H,12,13,14);1-2H,(H,5,6)(H,7,8);/q-1;;+1/b;2-1-;. The van der Waals surface area contributed by atoms with Crippen LogP contribution in [0.2, 0.25) is 0 Å². The fraction of sp³-hybridized carbons (Fsp3) is 0.667. The van der Waals surface area contributed by atoms with Gasteiger partial charge in [-0.3, -0.25) is 4.55 Å². The Kier molecular flexibility index (Phi) is 19.0. The molecule has 0 saturated carbocycles. The minimum atomic E-state index is -3.90. The first kappa shape index (κ1) is 28.4. The Morgan fingerprint density at radius 3 is 1.75 bits per heavy atom. The van der Waals surface area contributed by atoms with Gasteiger partial charge in [0.15, 0.2) is 0 Å². The summed E-state index contributed by atoms with van der Waals surface area (Å²) in [5.74, 6) is -2.21. The van der Waals surface area contributed by atoms with Crippen molar-refractivity contribution in [2.75, 3.05) is 0 Å². The summed E-state index contributed by atoms with van der Waals surface area (Å²) in [6.45, 7) is 5.95. The van der Waals surface area contributed by atoms with Gasteiger partial charge in [0.1, 0.15) is 0 Å². The number of unbranched alkanes of at least 4 members (excludes halogenated alkanes) is 1. The van der Waals surface area contributed by atoms with E-state index < -0.39 is 27.3 Å². The third-order valence-electron chi connectivity index (χ3n) is 3.09. The summed E-state index contributed by atoms with van der Waals surface area (Å²) >= 11 is 0. The fourth-order valence-corrected chi connectivity index (χ4v) is 2.64. The van der Waals surface area contributed by atoms with E-state index in [1.807, 2.05) is 6.92 Å². The van der Waals surface area contributed by atoms with E-state index in [9.17, 15) is 18.0 Å². The average Bonchev–Trinajstić information content (AvgIpc) is 2.45. The van der Waals surface area contributed by atoms with Crippen LogP contribution in [-0.2, 0) is 19.7 Å². The average molecular weight is 374 g/mol. The smallest absolute Gasteiger partial charge is 0.478 e. The number of carboxylic acid groups (broad SMARTS) is 2. The van der Waals surface area contributed by atoms with Gasteiger partial charge in [-0.2, -0.15) is 5.92 Å². The number of hydrogen-bond acceptors (Lipinski definition) is 4. The van der Waals surface area contributed by atoms with E-state index in [4.69, 9.17) is 14.8 Å². The van der Waals surface area contributed by atoms with Crippen molar-refractivity contribution in [2.24, 2.45) is 5.92 Å². The van der Waals surface area contributed by atoms with Crippen LogP contribution in [0.4, 0.5) is 0 Å². The monoisotopic (exact) mass is 374 g/mol. The van der Waals surface area contributed by atoms with Crippen LogP contribution in [0.15, 0.2) is 12.2 Å². The molecule has 9 heteroatoms. The molecule has 0 aliphatic rings. The van der Waals surface area contributed by atoms with Gasteiger partial charge in [0.25, 0.3) is 0 Å². The topological polar surface area (TPSA) is 129 Å². The van der Waals surface area contributed by atoms with Gasteiger partial charge in [-0.15, -0.1) is 0 Å². The van der Waals surface area contributed by atoms with Gasteiger partial charge in [-0.05, 0) is 5.25 Å². The maximum atomic E-state index is 11.0. The van der Waals surface area contributed by atoms with Crippen molar-refractivity contribution in [1.29, 1.82) is 0 Å². The molecule has 2 unspecified atom stereocenters. The molecule has 0 aliphatic carbocycles. The van der Waals surface area contributed by atoms with E-state index in [1.54, 1.807) is 13.3 Å². The molecule has 0 spiro atoms. The molecule has 3 N–H and O–H groups in total. The second kappa shape index (κ2) is 16.1. The first-order valence-electron chi connectivity index (χ1n) is 7.53. The first-order chi connectivity index (χ1) is 10.6. The van der Waals surface area contributed by atoms with E-state index in [2.05, 4.69) is 6.92 Å². The van der Waals surface area contributed by atoms with Crippen LogP contribution in [0.5, 0.6) is 0 Å². The fourth-order valence-electron chi connectivity index (χ4n) is 1.79. The molecule has 0 fully saturated rings. The molecule has 24 heavy (non-hydrogen) atoms. The van der Waals surface area contributed by atoms with Crippen molar-refractivity contribution < 1.29 is 62.3 Å². The van der Waals surface area contributed by atoms with E-state index in [-0.39, 0.29) is 29.6 Å². The third kappa shape index (κ3) is 17.9. The van der Waals surface area contributed by atoms with Gasteiger partial charge in [-0.1, -0.05) is 52.9 Å². The van der Waals surface area contributed by atoms with Gasteiger partial charge < -0.3 is 16.6 Å². The molecule has 0 aromatic rings. The largest absolute Gasteiger partial charge is 1.00 e. The number of aliphatic carboxylic acids is 2. The van der Waals surface area contributed by atoms with Crippen molar-refractivity contribution in [3.63, 3.8) is 0 Å². The Balaban J connectivity index is -0.000000419. The molecule has 7 nitrogen and oxygen atoms in total. The molecule has 0 aromatic heterocycles. The van der Waals surface area contributed by atoms with E-state index in [0.717, 1.165) is 25.7 Å². The zero-order valence-corrected chi connectivity index (χ0v) is 17.6. The predicted octanol–water partition coefficient (Wildman–Crippen LogP) is -0.211. The molecular weight excluding hydrogens is 347 g/mol. The van der Waals surface area contributed by atoms with Crippen LogP contribution in [0.1, 0.15) is 52.9 Å². The minimum Gasteiger partial charge on any atom is -0.478 e. The first-order valence-corrected chi connectivity index (χ1v) is 9.03. The van der Waals surface area contributed by atoms with Gasteiger partial charge in [0.05, 0.1) is 0 Å². The van der Waals surface area contributed by atoms with Crippen LogP contribution in [-0.4, -0.2) is 40.4 Å². The van der Waals surface area contributed by atoms with Crippen LogP contribution < -0.4 is 29.6 Å².